The summed E-state index contributed by atoms with van der Waals surface area (Å²) in [6.07, 6.45) is 2.92. The molecule has 6 heteroatoms. The van der Waals surface area contributed by atoms with Crippen LogP contribution in [0.4, 0.5) is 5.69 Å². The second-order valence-electron chi connectivity index (χ2n) is 5.93. The molecule has 0 aliphatic carbocycles. The van der Waals surface area contributed by atoms with Gasteiger partial charge in [0.2, 0.25) is 11.8 Å². The van der Waals surface area contributed by atoms with Crippen molar-refractivity contribution in [2.24, 2.45) is 0 Å². The third-order valence-electron chi connectivity index (χ3n) is 4.30. The summed E-state index contributed by atoms with van der Waals surface area (Å²) in [6.45, 7) is 2.68. The van der Waals surface area contributed by atoms with E-state index >= 15 is 0 Å². The molecule has 1 aromatic rings. The van der Waals surface area contributed by atoms with Gasteiger partial charge in [-0.2, -0.15) is 0 Å². The van der Waals surface area contributed by atoms with Crippen LogP contribution >= 0.6 is 0 Å². The van der Waals surface area contributed by atoms with Gasteiger partial charge in [-0.1, -0.05) is 31.9 Å². The van der Waals surface area contributed by atoms with E-state index in [1.54, 1.807) is 16.9 Å². The molecule has 1 aliphatic heterocycles. The first-order chi connectivity index (χ1) is 11.6. The van der Waals surface area contributed by atoms with E-state index in [1.165, 1.54) is 7.11 Å². The monoisotopic (exact) mass is 334 g/mol. The second kappa shape index (κ2) is 8.68. The molecule has 132 valence electrons. The van der Waals surface area contributed by atoms with Crippen LogP contribution in [-0.2, 0) is 14.3 Å². The van der Waals surface area contributed by atoms with E-state index in [4.69, 9.17) is 9.47 Å². The van der Waals surface area contributed by atoms with Crippen molar-refractivity contribution in [1.82, 2.24) is 4.90 Å². The number of rotatable bonds is 7. The van der Waals surface area contributed by atoms with Gasteiger partial charge in [-0.15, -0.1) is 0 Å². The van der Waals surface area contributed by atoms with E-state index < -0.39 is 0 Å². The van der Waals surface area contributed by atoms with Crippen molar-refractivity contribution in [1.29, 1.82) is 0 Å². The number of anilines is 1. The van der Waals surface area contributed by atoms with Crippen molar-refractivity contribution >= 4 is 17.5 Å². The minimum atomic E-state index is -0.133. The first-order valence-corrected chi connectivity index (χ1v) is 8.34. The highest BCUT2D eigenvalue weighted by Gasteiger charge is 2.35. The lowest BCUT2D eigenvalue weighted by Crippen LogP contribution is -2.58. The Morgan fingerprint density at radius 2 is 2.04 bits per heavy atom. The van der Waals surface area contributed by atoms with Gasteiger partial charge in [0, 0.05) is 13.7 Å². The molecule has 0 N–H and O–H groups in total. The van der Waals surface area contributed by atoms with Gasteiger partial charge < -0.3 is 19.3 Å². The third-order valence-corrected chi connectivity index (χ3v) is 4.30. The molecule has 1 aromatic carbocycles. The van der Waals surface area contributed by atoms with Gasteiger partial charge in [0.1, 0.15) is 18.9 Å². The summed E-state index contributed by atoms with van der Waals surface area (Å²) in [5, 5.41) is 0. The van der Waals surface area contributed by atoms with Gasteiger partial charge in [-0.05, 0) is 18.6 Å². The Labute approximate surface area is 143 Å². The molecule has 0 bridgehead atoms. The zero-order chi connectivity index (χ0) is 17.5. The number of carbonyl (C=O) groups is 2. The van der Waals surface area contributed by atoms with Crippen LogP contribution in [0, 0.1) is 0 Å². The number of unbranched alkanes of at least 4 members (excludes halogenated alkanes) is 1. The van der Waals surface area contributed by atoms with E-state index in [-0.39, 0.29) is 31.0 Å². The molecule has 2 amide bonds. The van der Waals surface area contributed by atoms with Crippen molar-refractivity contribution < 1.29 is 19.1 Å². The second-order valence-corrected chi connectivity index (χ2v) is 5.93. The average Bonchev–Trinajstić information content (AvgIpc) is 2.60. The maximum absolute atomic E-state index is 12.6. The summed E-state index contributed by atoms with van der Waals surface area (Å²) in [6, 6.07) is 7.47. The SMILES string of the molecule is CCCC[C@@H]1CN(c2ccccc2OC)C(=O)CN1C(=O)COC. The van der Waals surface area contributed by atoms with Crippen LogP contribution in [0.2, 0.25) is 0 Å². The summed E-state index contributed by atoms with van der Waals surface area (Å²) in [4.78, 5) is 28.3. The first-order valence-electron chi connectivity index (χ1n) is 8.34. The predicted molar refractivity (Wildman–Crippen MR) is 92.2 cm³/mol. The molecule has 2 rings (SSSR count). The van der Waals surface area contributed by atoms with E-state index in [9.17, 15) is 9.59 Å². The summed E-state index contributed by atoms with van der Waals surface area (Å²) in [7, 11) is 3.09. The van der Waals surface area contributed by atoms with Crippen LogP contribution in [0.1, 0.15) is 26.2 Å². The predicted octanol–water partition coefficient (Wildman–Crippen LogP) is 2.08. The highest BCUT2D eigenvalue weighted by atomic mass is 16.5. The largest absolute Gasteiger partial charge is 0.495 e. The molecule has 0 saturated carbocycles. The number of amides is 2. The standard InChI is InChI=1S/C18H26N2O4/c1-4-5-8-14-11-20(15-9-6-7-10-16(15)24-3)17(21)12-19(14)18(22)13-23-2/h6-7,9-10,14H,4-5,8,11-13H2,1-3H3/t14-/m1/s1. The van der Waals surface area contributed by atoms with Gasteiger partial charge in [-0.25, -0.2) is 0 Å². The van der Waals surface area contributed by atoms with E-state index in [1.807, 2.05) is 24.3 Å². The van der Waals surface area contributed by atoms with Gasteiger partial charge in [0.25, 0.3) is 0 Å². The Balaban J connectivity index is 2.24. The molecular weight excluding hydrogens is 308 g/mol. The molecule has 1 fully saturated rings. The van der Waals surface area contributed by atoms with Gasteiger partial charge in [0.05, 0.1) is 18.8 Å². The molecule has 1 heterocycles. The molecule has 0 aromatic heterocycles. The van der Waals surface area contributed by atoms with Crippen molar-refractivity contribution in [2.45, 2.75) is 32.2 Å². The fraction of sp³-hybridized carbons (Fsp3) is 0.556. The molecule has 0 unspecified atom stereocenters. The molecule has 24 heavy (non-hydrogen) atoms. The fourth-order valence-corrected chi connectivity index (χ4v) is 3.04. The molecule has 0 radical (unpaired) electrons. The molecule has 0 spiro atoms. The van der Waals surface area contributed by atoms with Crippen molar-refractivity contribution in [3.8, 4) is 5.75 Å². The zero-order valence-electron chi connectivity index (χ0n) is 14.7. The number of hydrogen-bond donors (Lipinski definition) is 0. The number of ether oxygens (including phenoxy) is 2. The Morgan fingerprint density at radius 3 is 2.71 bits per heavy atom. The summed E-state index contributed by atoms with van der Waals surface area (Å²) < 4.78 is 10.3. The minimum Gasteiger partial charge on any atom is -0.495 e. The summed E-state index contributed by atoms with van der Waals surface area (Å²) in [5.41, 5.74) is 0.755. The Morgan fingerprint density at radius 1 is 1.29 bits per heavy atom. The van der Waals surface area contributed by atoms with Gasteiger partial charge >= 0.3 is 0 Å². The lowest BCUT2D eigenvalue weighted by Gasteiger charge is -2.41. The summed E-state index contributed by atoms with van der Waals surface area (Å²) in [5.74, 6) is 0.431. The maximum atomic E-state index is 12.6. The lowest BCUT2D eigenvalue weighted by molar-refractivity contribution is -0.143. The number of nitrogens with zero attached hydrogens (tertiary/aromatic N) is 2. The number of hydrogen-bond acceptors (Lipinski definition) is 4. The van der Waals surface area contributed by atoms with Crippen LogP contribution in [0.5, 0.6) is 5.75 Å². The van der Waals surface area contributed by atoms with Crippen molar-refractivity contribution in [3.63, 3.8) is 0 Å². The number of benzene rings is 1. The topological polar surface area (TPSA) is 59.1 Å². The lowest BCUT2D eigenvalue weighted by atomic mass is 10.0. The van der Waals surface area contributed by atoms with Crippen LogP contribution in [0.3, 0.4) is 0 Å². The number of carbonyl (C=O) groups excluding carboxylic acids is 2. The molecule has 6 nitrogen and oxygen atoms in total. The smallest absolute Gasteiger partial charge is 0.249 e. The van der Waals surface area contributed by atoms with Crippen LogP contribution in [0.15, 0.2) is 24.3 Å². The van der Waals surface area contributed by atoms with Crippen molar-refractivity contribution in [3.05, 3.63) is 24.3 Å². The third kappa shape index (κ3) is 4.06. The Bertz CT molecular complexity index is 576. The van der Waals surface area contributed by atoms with E-state index in [0.717, 1.165) is 24.9 Å². The van der Waals surface area contributed by atoms with Crippen LogP contribution in [-0.4, -0.2) is 56.7 Å². The number of piperazine rings is 1. The molecule has 1 aliphatic rings. The van der Waals surface area contributed by atoms with Crippen molar-refractivity contribution in [2.75, 3.05) is 38.8 Å². The van der Waals surface area contributed by atoms with Gasteiger partial charge in [-0.3, -0.25) is 9.59 Å². The first kappa shape index (κ1) is 18.3. The normalized spacial score (nSPS) is 18.0. The number of methoxy groups -OCH3 is 2. The van der Waals surface area contributed by atoms with Crippen LogP contribution < -0.4 is 9.64 Å². The number of para-hydroxylation sites is 2. The summed E-state index contributed by atoms with van der Waals surface area (Å²) >= 11 is 0. The highest BCUT2D eigenvalue weighted by Crippen LogP contribution is 2.30. The molecule has 1 saturated heterocycles. The molecular formula is C18H26N2O4. The van der Waals surface area contributed by atoms with E-state index in [2.05, 4.69) is 6.92 Å². The highest BCUT2D eigenvalue weighted by molar-refractivity contribution is 5.99. The minimum absolute atomic E-state index is 0.00443. The quantitative estimate of drug-likeness (QED) is 0.766. The maximum Gasteiger partial charge on any atom is 0.249 e. The Kier molecular flexibility index (Phi) is 6.61. The molecule has 1 atom stereocenters. The zero-order valence-corrected chi connectivity index (χ0v) is 14.7. The van der Waals surface area contributed by atoms with E-state index in [0.29, 0.717) is 12.3 Å². The fourth-order valence-electron chi connectivity index (χ4n) is 3.04. The van der Waals surface area contributed by atoms with Crippen LogP contribution in [0.25, 0.3) is 0 Å². The Hall–Kier alpha value is -2.08. The van der Waals surface area contributed by atoms with Gasteiger partial charge in [0.15, 0.2) is 0 Å². The average molecular weight is 334 g/mol.